The monoisotopic (exact) mass is 237 g/mol. The normalized spacial score (nSPS) is 17.6. The predicted octanol–water partition coefficient (Wildman–Crippen LogP) is 3.80. The van der Waals surface area contributed by atoms with Crippen molar-refractivity contribution in [3.8, 4) is 0 Å². The Balaban J connectivity index is 1.69. The second kappa shape index (κ2) is 6.27. The SMILES string of the molecule is Clc1ccc(CCNC2CCCCC2)cc1. The first-order chi connectivity index (χ1) is 7.84. The minimum atomic E-state index is 0.765. The number of nitrogens with one attached hydrogen (secondary N) is 1. The van der Waals surface area contributed by atoms with Gasteiger partial charge in [-0.2, -0.15) is 0 Å². The highest BCUT2D eigenvalue weighted by Gasteiger charge is 2.11. The number of hydrogen-bond acceptors (Lipinski definition) is 1. The van der Waals surface area contributed by atoms with Crippen molar-refractivity contribution >= 4 is 11.6 Å². The fraction of sp³-hybridized carbons (Fsp3) is 0.571. The van der Waals surface area contributed by atoms with Crippen molar-refractivity contribution in [3.63, 3.8) is 0 Å². The minimum Gasteiger partial charge on any atom is -0.314 e. The van der Waals surface area contributed by atoms with Crippen molar-refractivity contribution in [1.29, 1.82) is 0 Å². The molecule has 0 atom stereocenters. The molecule has 1 N–H and O–H groups in total. The number of hydrogen-bond donors (Lipinski definition) is 1. The van der Waals surface area contributed by atoms with E-state index in [1.165, 1.54) is 37.7 Å². The second-order valence-electron chi connectivity index (χ2n) is 4.67. The number of benzene rings is 1. The van der Waals surface area contributed by atoms with Crippen LogP contribution in [-0.4, -0.2) is 12.6 Å². The van der Waals surface area contributed by atoms with Crippen LogP contribution in [0.1, 0.15) is 37.7 Å². The van der Waals surface area contributed by atoms with Gasteiger partial charge in [0.2, 0.25) is 0 Å². The van der Waals surface area contributed by atoms with Crippen molar-refractivity contribution in [3.05, 3.63) is 34.9 Å². The molecule has 1 aliphatic carbocycles. The van der Waals surface area contributed by atoms with E-state index < -0.39 is 0 Å². The van der Waals surface area contributed by atoms with Crippen LogP contribution in [0.4, 0.5) is 0 Å². The smallest absolute Gasteiger partial charge is 0.0406 e. The molecular weight excluding hydrogens is 218 g/mol. The van der Waals surface area contributed by atoms with E-state index in [4.69, 9.17) is 11.6 Å². The average molecular weight is 238 g/mol. The van der Waals surface area contributed by atoms with E-state index >= 15 is 0 Å². The van der Waals surface area contributed by atoms with Gasteiger partial charge in [-0.05, 0) is 43.5 Å². The quantitative estimate of drug-likeness (QED) is 0.840. The van der Waals surface area contributed by atoms with Gasteiger partial charge in [0.1, 0.15) is 0 Å². The topological polar surface area (TPSA) is 12.0 Å². The van der Waals surface area contributed by atoms with Crippen molar-refractivity contribution in [2.75, 3.05) is 6.54 Å². The summed E-state index contributed by atoms with van der Waals surface area (Å²) in [6.45, 7) is 1.09. The van der Waals surface area contributed by atoms with E-state index in [0.717, 1.165) is 24.0 Å². The molecule has 0 saturated heterocycles. The Bertz CT molecular complexity index is 301. The molecule has 1 nitrogen and oxygen atoms in total. The van der Waals surface area contributed by atoms with Gasteiger partial charge < -0.3 is 5.32 Å². The molecule has 0 unspecified atom stereocenters. The zero-order valence-corrected chi connectivity index (χ0v) is 10.5. The lowest BCUT2D eigenvalue weighted by Gasteiger charge is -2.22. The summed E-state index contributed by atoms with van der Waals surface area (Å²) in [6.07, 6.45) is 8.06. The summed E-state index contributed by atoms with van der Waals surface area (Å²) >= 11 is 5.85. The van der Waals surface area contributed by atoms with E-state index in [0.29, 0.717) is 0 Å². The molecule has 0 heterocycles. The van der Waals surface area contributed by atoms with Gasteiger partial charge in [0, 0.05) is 11.1 Å². The third-order valence-corrected chi connectivity index (χ3v) is 3.62. The van der Waals surface area contributed by atoms with Gasteiger partial charge in [-0.25, -0.2) is 0 Å². The maximum atomic E-state index is 5.85. The Hall–Kier alpha value is -0.530. The molecule has 88 valence electrons. The Labute approximate surface area is 103 Å². The molecule has 2 heteroatoms. The highest BCUT2D eigenvalue weighted by Crippen LogP contribution is 2.17. The van der Waals surface area contributed by atoms with Crippen LogP contribution in [0.5, 0.6) is 0 Å². The summed E-state index contributed by atoms with van der Waals surface area (Å²) < 4.78 is 0. The van der Waals surface area contributed by atoms with Crippen LogP contribution in [0.25, 0.3) is 0 Å². The highest BCUT2D eigenvalue weighted by molar-refractivity contribution is 6.30. The fourth-order valence-electron chi connectivity index (χ4n) is 2.38. The van der Waals surface area contributed by atoms with E-state index in [1.807, 2.05) is 12.1 Å². The van der Waals surface area contributed by atoms with Crippen molar-refractivity contribution in [2.24, 2.45) is 0 Å². The lowest BCUT2D eigenvalue weighted by atomic mass is 9.95. The molecule has 1 aliphatic rings. The summed E-state index contributed by atoms with van der Waals surface area (Å²) in [7, 11) is 0. The number of rotatable bonds is 4. The Morgan fingerprint density at radius 1 is 1.06 bits per heavy atom. The van der Waals surface area contributed by atoms with Crippen LogP contribution in [0.2, 0.25) is 5.02 Å². The molecule has 1 aromatic rings. The molecule has 0 aliphatic heterocycles. The van der Waals surface area contributed by atoms with Gasteiger partial charge in [0.25, 0.3) is 0 Å². The zero-order valence-electron chi connectivity index (χ0n) is 9.71. The third-order valence-electron chi connectivity index (χ3n) is 3.37. The molecule has 16 heavy (non-hydrogen) atoms. The predicted molar refractivity (Wildman–Crippen MR) is 70.0 cm³/mol. The fourth-order valence-corrected chi connectivity index (χ4v) is 2.50. The Kier molecular flexibility index (Phi) is 4.68. The molecule has 2 rings (SSSR count). The van der Waals surface area contributed by atoms with Crippen LogP contribution in [-0.2, 0) is 6.42 Å². The van der Waals surface area contributed by atoms with Crippen LogP contribution in [0, 0.1) is 0 Å². The summed E-state index contributed by atoms with van der Waals surface area (Å²) in [5, 5.41) is 4.47. The van der Waals surface area contributed by atoms with E-state index in [-0.39, 0.29) is 0 Å². The van der Waals surface area contributed by atoms with E-state index in [9.17, 15) is 0 Å². The highest BCUT2D eigenvalue weighted by atomic mass is 35.5. The van der Waals surface area contributed by atoms with Crippen LogP contribution in [0.15, 0.2) is 24.3 Å². The minimum absolute atomic E-state index is 0.765. The first-order valence-electron chi connectivity index (χ1n) is 6.32. The standard InChI is InChI=1S/C14H20ClN/c15-13-8-6-12(7-9-13)10-11-16-14-4-2-1-3-5-14/h6-9,14,16H,1-5,10-11H2. The van der Waals surface area contributed by atoms with Gasteiger partial charge in [-0.1, -0.05) is 43.0 Å². The first kappa shape index (κ1) is 11.9. The molecular formula is C14H20ClN. The Morgan fingerprint density at radius 2 is 1.75 bits per heavy atom. The van der Waals surface area contributed by atoms with Gasteiger partial charge >= 0.3 is 0 Å². The summed E-state index contributed by atoms with van der Waals surface area (Å²) in [5.74, 6) is 0. The molecule has 0 spiro atoms. The van der Waals surface area contributed by atoms with Crippen molar-refractivity contribution < 1.29 is 0 Å². The molecule has 1 fully saturated rings. The summed E-state index contributed by atoms with van der Waals surface area (Å²) in [5.41, 5.74) is 1.37. The van der Waals surface area contributed by atoms with Gasteiger partial charge in [-0.15, -0.1) is 0 Å². The average Bonchev–Trinajstić information content (AvgIpc) is 2.33. The third kappa shape index (κ3) is 3.80. The van der Waals surface area contributed by atoms with E-state index in [1.54, 1.807) is 0 Å². The zero-order chi connectivity index (χ0) is 11.2. The van der Waals surface area contributed by atoms with Gasteiger partial charge in [-0.3, -0.25) is 0 Å². The van der Waals surface area contributed by atoms with Gasteiger partial charge in [0.05, 0.1) is 0 Å². The molecule has 0 radical (unpaired) electrons. The van der Waals surface area contributed by atoms with Crippen LogP contribution >= 0.6 is 11.6 Å². The van der Waals surface area contributed by atoms with Crippen LogP contribution in [0.3, 0.4) is 0 Å². The number of halogens is 1. The summed E-state index contributed by atoms with van der Waals surface area (Å²) in [4.78, 5) is 0. The van der Waals surface area contributed by atoms with Gasteiger partial charge in [0.15, 0.2) is 0 Å². The maximum Gasteiger partial charge on any atom is 0.0406 e. The van der Waals surface area contributed by atoms with E-state index in [2.05, 4.69) is 17.4 Å². The second-order valence-corrected chi connectivity index (χ2v) is 5.10. The lowest BCUT2D eigenvalue weighted by Crippen LogP contribution is -2.32. The molecule has 1 aromatic carbocycles. The maximum absolute atomic E-state index is 5.85. The Morgan fingerprint density at radius 3 is 2.44 bits per heavy atom. The molecule has 0 aromatic heterocycles. The molecule has 1 saturated carbocycles. The van der Waals surface area contributed by atoms with Crippen molar-refractivity contribution in [1.82, 2.24) is 5.32 Å². The largest absolute Gasteiger partial charge is 0.314 e. The van der Waals surface area contributed by atoms with Crippen LogP contribution < -0.4 is 5.32 Å². The summed E-state index contributed by atoms with van der Waals surface area (Å²) in [6, 6.07) is 8.94. The van der Waals surface area contributed by atoms with Crippen molar-refractivity contribution in [2.45, 2.75) is 44.6 Å². The lowest BCUT2D eigenvalue weighted by molar-refractivity contribution is 0.375. The molecule has 0 bridgehead atoms. The molecule has 0 amide bonds. The first-order valence-corrected chi connectivity index (χ1v) is 6.70.